The van der Waals surface area contributed by atoms with E-state index in [1.807, 2.05) is 48.5 Å². The maximum absolute atomic E-state index is 9.17. The molecule has 1 nitrogen and oxygen atoms in total. The van der Waals surface area contributed by atoms with Crippen molar-refractivity contribution in [2.45, 2.75) is 48.5 Å². The Hall–Kier alpha value is -0.530. The van der Waals surface area contributed by atoms with Crippen molar-refractivity contribution in [2.24, 2.45) is 5.41 Å². The van der Waals surface area contributed by atoms with E-state index in [-0.39, 0.29) is 12.0 Å². The molecular formula is C15H29ClO. The Kier molecular flexibility index (Phi) is 15.3. The lowest BCUT2D eigenvalue weighted by Crippen LogP contribution is -2.20. The van der Waals surface area contributed by atoms with Gasteiger partial charge in [-0.25, -0.2) is 0 Å². The van der Waals surface area contributed by atoms with E-state index in [2.05, 4.69) is 13.2 Å². The van der Waals surface area contributed by atoms with E-state index >= 15 is 0 Å². The van der Waals surface area contributed by atoms with Crippen LogP contribution >= 0.6 is 11.6 Å². The smallest absolute Gasteiger partial charge is 0.0522 e. The van der Waals surface area contributed by atoms with E-state index < -0.39 is 0 Å². The summed E-state index contributed by atoms with van der Waals surface area (Å²) < 4.78 is 0. The molecule has 0 aliphatic rings. The summed E-state index contributed by atoms with van der Waals surface area (Å²) in [6.07, 6.45) is 1.75. The largest absolute Gasteiger partial charge is 0.395 e. The van der Waals surface area contributed by atoms with Gasteiger partial charge in [0.05, 0.1) is 6.61 Å². The fourth-order valence-electron chi connectivity index (χ4n) is 1.14. The van der Waals surface area contributed by atoms with E-state index in [1.54, 1.807) is 6.08 Å². The van der Waals surface area contributed by atoms with Gasteiger partial charge in [-0.3, -0.25) is 0 Å². The first-order valence-electron chi connectivity index (χ1n) is 6.14. The number of allylic oxidation sites excluding steroid dienone is 3. The van der Waals surface area contributed by atoms with Crippen LogP contribution in [0.4, 0.5) is 0 Å². The lowest BCUT2D eigenvalue weighted by Gasteiger charge is -2.26. The molecule has 0 heterocycles. The molecule has 0 bridgehead atoms. The van der Waals surface area contributed by atoms with Gasteiger partial charge < -0.3 is 5.11 Å². The predicted molar refractivity (Wildman–Crippen MR) is 81.5 cm³/mol. The summed E-state index contributed by atoms with van der Waals surface area (Å²) in [4.78, 5) is 0. The number of hydrogen-bond donors (Lipinski definition) is 1. The second-order valence-corrected chi connectivity index (χ2v) is 4.31. The second-order valence-electron chi connectivity index (χ2n) is 3.83. The predicted octanol–water partition coefficient (Wildman–Crippen LogP) is 5.31. The Morgan fingerprint density at radius 2 is 1.53 bits per heavy atom. The molecule has 102 valence electrons. The first-order valence-corrected chi connectivity index (χ1v) is 6.52. The van der Waals surface area contributed by atoms with Gasteiger partial charge in [0.2, 0.25) is 0 Å². The molecule has 17 heavy (non-hydrogen) atoms. The van der Waals surface area contributed by atoms with Gasteiger partial charge in [-0.15, -0.1) is 0 Å². The van der Waals surface area contributed by atoms with Crippen molar-refractivity contribution in [3.05, 3.63) is 35.4 Å². The Bertz CT molecular complexity index is 250. The molecule has 0 aliphatic heterocycles. The van der Waals surface area contributed by atoms with Crippen LogP contribution in [0.2, 0.25) is 0 Å². The third kappa shape index (κ3) is 10.3. The molecule has 0 rings (SSSR count). The van der Waals surface area contributed by atoms with Gasteiger partial charge >= 0.3 is 0 Å². The topological polar surface area (TPSA) is 20.2 Å². The van der Waals surface area contributed by atoms with Crippen molar-refractivity contribution in [2.75, 3.05) is 6.61 Å². The zero-order valence-corrected chi connectivity index (χ0v) is 13.3. The molecule has 2 heteroatoms. The SMILES string of the molecule is C=C(Cl)/C=C(\C(=C)C)C(C)(C)CO.CC.CC. The summed E-state index contributed by atoms with van der Waals surface area (Å²) in [5.74, 6) is 0. The molecule has 0 fully saturated rings. The molecule has 0 aromatic heterocycles. The van der Waals surface area contributed by atoms with Crippen molar-refractivity contribution in [1.82, 2.24) is 0 Å². The molecule has 1 N–H and O–H groups in total. The third-order valence-electron chi connectivity index (χ3n) is 1.89. The molecule has 0 saturated heterocycles. The van der Waals surface area contributed by atoms with Gasteiger partial charge in [0.1, 0.15) is 0 Å². The summed E-state index contributed by atoms with van der Waals surface area (Å²) in [6.45, 7) is 21.3. The summed E-state index contributed by atoms with van der Waals surface area (Å²) >= 11 is 5.69. The molecule has 0 amide bonds. The van der Waals surface area contributed by atoms with Crippen LogP contribution < -0.4 is 0 Å². The summed E-state index contributed by atoms with van der Waals surface area (Å²) in [5, 5.41) is 9.63. The van der Waals surface area contributed by atoms with Crippen molar-refractivity contribution in [1.29, 1.82) is 0 Å². The van der Waals surface area contributed by atoms with Gasteiger partial charge in [0, 0.05) is 10.4 Å². The number of aliphatic hydroxyl groups is 1. The van der Waals surface area contributed by atoms with Gasteiger partial charge in [0.25, 0.3) is 0 Å². The van der Waals surface area contributed by atoms with E-state index in [1.165, 1.54) is 0 Å². The van der Waals surface area contributed by atoms with Crippen LogP contribution in [0.15, 0.2) is 35.4 Å². The number of hydrogen-bond acceptors (Lipinski definition) is 1. The van der Waals surface area contributed by atoms with Crippen molar-refractivity contribution in [3.63, 3.8) is 0 Å². The minimum absolute atomic E-state index is 0.0653. The molecule has 0 aromatic rings. The Morgan fingerprint density at radius 3 is 1.71 bits per heavy atom. The first-order chi connectivity index (χ1) is 7.81. The Morgan fingerprint density at radius 1 is 1.18 bits per heavy atom. The summed E-state index contributed by atoms with van der Waals surface area (Å²) in [5.41, 5.74) is 1.53. The lowest BCUT2D eigenvalue weighted by atomic mass is 9.81. The average molecular weight is 261 g/mol. The Balaban J connectivity index is -0.000000439. The summed E-state index contributed by atoms with van der Waals surface area (Å²) in [7, 11) is 0. The van der Waals surface area contributed by atoms with Crippen molar-refractivity contribution >= 4 is 11.6 Å². The minimum Gasteiger partial charge on any atom is -0.395 e. The van der Waals surface area contributed by atoms with E-state index in [0.717, 1.165) is 11.1 Å². The number of aliphatic hydroxyl groups excluding tert-OH is 1. The third-order valence-corrected chi connectivity index (χ3v) is 1.99. The molecule has 0 unspecified atom stereocenters. The van der Waals surface area contributed by atoms with Gasteiger partial charge in [-0.05, 0) is 18.6 Å². The quantitative estimate of drug-likeness (QED) is 0.679. The standard InChI is InChI=1S/C11H17ClO.2C2H6/c1-8(2)10(6-9(3)12)11(4,5)7-13;2*1-2/h6,13H,1,3,7H2,2,4-5H3;2*1-2H3/b10-6+;;. The van der Waals surface area contributed by atoms with Gasteiger partial charge in [0.15, 0.2) is 0 Å². The zero-order valence-electron chi connectivity index (χ0n) is 12.5. The van der Waals surface area contributed by atoms with Crippen molar-refractivity contribution < 1.29 is 5.11 Å². The molecule has 0 aromatic carbocycles. The van der Waals surface area contributed by atoms with Crippen LogP contribution in [0.5, 0.6) is 0 Å². The monoisotopic (exact) mass is 260 g/mol. The normalized spacial score (nSPS) is 10.5. The maximum Gasteiger partial charge on any atom is 0.0522 e. The average Bonchev–Trinajstić information content (AvgIpc) is 2.30. The van der Waals surface area contributed by atoms with Crippen LogP contribution in [-0.4, -0.2) is 11.7 Å². The van der Waals surface area contributed by atoms with E-state index in [4.69, 9.17) is 11.6 Å². The summed E-state index contributed by atoms with van der Waals surface area (Å²) in [6, 6.07) is 0. The number of rotatable bonds is 4. The van der Waals surface area contributed by atoms with Crippen LogP contribution in [0.3, 0.4) is 0 Å². The first kappa shape index (κ1) is 21.7. The molecule has 0 atom stereocenters. The molecule has 0 spiro atoms. The highest BCUT2D eigenvalue weighted by atomic mass is 35.5. The van der Waals surface area contributed by atoms with Crippen LogP contribution in [0.25, 0.3) is 0 Å². The fraction of sp³-hybridized carbons (Fsp3) is 0.600. The zero-order chi connectivity index (χ0) is 14.6. The van der Waals surface area contributed by atoms with Crippen molar-refractivity contribution in [3.8, 4) is 0 Å². The van der Waals surface area contributed by atoms with Gasteiger partial charge in [-0.2, -0.15) is 0 Å². The molecular weight excluding hydrogens is 232 g/mol. The maximum atomic E-state index is 9.17. The van der Waals surface area contributed by atoms with Crippen LogP contribution in [0.1, 0.15) is 48.5 Å². The molecule has 0 radical (unpaired) electrons. The molecule has 0 aliphatic carbocycles. The van der Waals surface area contributed by atoms with Crippen LogP contribution in [-0.2, 0) is 0 Å². The lowest BCUT2D eigenvalue weighted by molar-refractivity contribution is 0.192. The second kappa shape index (κ2) is 11.9. The van der Waals surface area contributed by atoms with Gasteiger partial charge in [-0.1, -0.05) is 71.9 Å². The Labute approximate surface area is 113 Å². The van der Waals surface area contributed by atoms with Crippen LogP contribution in [0, 0.1) is 5.41 Å². The van der Waals surface area contributed by atoms with E-state index in [9.17, 15) is 5.11 Å². The fourth-order valence-corrected chi connectivity index (χ4v) is 1.25. The minimum atomic E-state index is -0.316. The van der Waals surface area contributed by atoms with E-state index in [0.29, 0.717) is 5.03 Å². The number of halogens is 1. The highest BCUT2D eigenvalue weighted by Gasteiger charge is 2.22. The highest BCUT2D eigenvalue weighted by molar-refractivity contribution is 6.30. The molecule has 0 saturated carbocycles. The highest BCUT2D eigenvalue weighted by Crippen LogP contribution is 2.31.